The number of rotatable bonds is 0. The SMILES string of the molecule is Cc1ccc(N)c2c1CC=C1N=c3cc(O)ncc3=C12. The summed E-state index contributed by atoms with van der Waals surface area (Å²) in [6.07, 6.45) is 4.62. The number of allylic oxidation sites excluding steroid dienone is 2. The summed E-state index contributed by atoms with van der Waals surface area (Å²) in [4.78, 5) is 8.55. The van der Waals surface area contributed by atoms with Gasteiger partial charge in [-0.15, -0.1) is 0 Å². The molecular formula is C16H13N3O. The van der Waals surface area contributed by atoms with Gasteiger partial charge < -0.3 is 10.8 Å². The van der Waals surface area contributed by atoms with Crippen LogP contribution in [0.1, 0.15) is 16.7 Å². The third-order valence-corrected chi connectivity index (χ3v) is 3.96. The molecule has 0 atom stereocenters. The van der Waals surface area contributed by atoms with Crippen molar-refractivity contribution in [2.24, 2.45) is 4.99 Å². The van der Waals surface area contributed by atoms with Crippen LogP contribution in [0.25, 0.3) is 5.57 Å². The van der Waals surface area contributed by atoms with Gasteiger partial charge >= 0.3 is 0 Å². The zero-order valence-electron chi connectivity index (χ0n) is 11.0. The molecule has 0 spiro atoms. The van der Waals surface area contributed by atoms with Crippen LogP contribution in [0, 0.1) is 6.92 Å². The lowest BCUT2D eigenvalue weighted by Crippen LogP contribution is -2.24. The van der Waals surface area contributed by atoms with Crippen LogP contribution in [0.3, 0.4) is 0 Å². The van der Waals surface area contributed by atoms with Gasteiger partial charge in [0.15, 0.2) is 0 Å². The van der Waals surface area contributed by atoms with E-state index in [1.807, 2.05) is 6.07 Å². The molecule has 1 aliphatic heterocycles. The third-order valence-electron chi connectivity index (χ3n) is 3.96. The predicted octanol–water partition coefficient (Wildman–Crippen LogP) is 0.950. The fourth-order valence-electron chi connectivity index (χ4n) is 2.98. The van der Waals surface area contributed by atoms with E-state index in [-0.39, 0.29) is 5.88 Å². The van der Waals surface area contributed by atoms with Gasteiger partial charge in [-0.05, 0) is 30.5 Å². The molecule has 0 radical (unpaired) electrons. The topological polar surface area (TPSA) is 71.5 Å². The number of nitrogens with two attached hydrogens (primary N) is 1. The Hall–Kier alpha value is -2.62. The molecule has 4 rings (SSSR count). The lowest BCUT2D eigenvalue weighted by Gasteiger charge is -2.20. The zero-order valence-corrected chi connectivity index (χ0v) is 11.0. The van der Waals surface area contributed by atoms with Gasteiger partial charge in [-0.1, -0.05) is 12.1 Å². The van der Waals surface area contributed by atoms with Gasteiger partial charge in [0.05, 0.1) is 11.1 Å². The van der Waals surface area contributed by atoms with E-state index in [0.717, 1.165) is 39.5 Å². The number of aromatic hydroxyl groups is 1. The van der Waals surface area contributed by atoms with Crippen molar-refractivity contribution in [1.82, 2.24) is 4.98 Å². The molecule has 0 saturated carbocycles. The first-order chi connectivity index (χ1) is 9.65. The fourth-order valence-corrected chi connectivity index (χ4v) is 2.98. The number of fused-ring (bicyclic) bond motifs is 4. The molecule has 1 aromatic heterocycles. The average molecular weight is 263 g/mol. The van der Waals surface area contributed by atoms with Crippen molar-refractivity contribution in [2.75, 3.05) is 5.73 Å². The van der Waals surface area contributed by atoms with E-state index in [4.69, 9.17) is 5.73 Å². The molecule has 98 valence electrons. The molecule has 4 nitrogen and oxygen atoms in total. The highest BCUT2D eigenvalue weighted by Gasteiger charge is 2.24. The summed E-state index contributed by atoms with van der Waals surface area (Å²) in [5.74, 6) is -0.00946. The molecule has 0 amide bonds. The normalized spacial score (nSPS) is 15.1. The Bertz CT molecular complexity index is 910. The number of nitrogens with zero attached hydrogens (tertiary/aromatic N) is 2. The second-order valence-corrected chi connectivity index (χ2v) is 5.17. The summed E-state index contributed by atoms with van der Waals surface area (Å²) >= 11 is 0. The number of nitrogen functional groups attached to an aromatic ring is 1. The summed E-state index contributed by atoms with van der Waals surface area (Å²) in [5.41, 5.74) is 12.5. The Morgan fingerprint density at radius 3 is 3.00 bits per heavy atom. The summed E-state index contributed by atoms with van der Waals surface area (Å²) in [5, 5.41) is 11.2. The molecule has 1 aromatic carbocycles. The third kappa shape index (κ3) is 1.36. The van der Waals surface area contributed by atoms with Crippen molar-refractivity contribution in [2.45, 2.75) is 13.3 Å². The van der Waals surface area contributed by atoms with Crippen LogP contribution in [0.5, 0.6) is 5.88 Å². The van der Waals surface area contributed by atoms with Crippen molar-refractivity contribution < 1.29 is 5.11 Å². The van der Waals surface area contributed by atoms with E-state index in [2.05, 4.69) is 29.0 Å². The minimum atomic E-state index is -0.00946. The zero-order chi connectivity index (χ0) is 13.9. The summed E-state index contributed by atoms with van der Waals surface area (Å²) < 4.78 is 0. The molecule has 1 aliphatic carbocycles. The number of anilines is 1. The summed E-state index contributed by atoms with van der Waals surface area (Å²) in [6, 6.07) is 5.58. The maximum atomic E-state index is 9.50. The molecule has 2 heterocycles. The van der Waals surface area contributed by atoms with Crippen molar-refractivity contribution in [3.8, 4) is 5.88 Å². The minimum Gasteiger partial charge on any atom is -0.493 e. The Morgan fingerprint density at radius 2 is 2.15 bits per heavy atom. The first-order valence-corrected chi connectivity index (χ1v) is 6.52. The van der Waals surface area contributed by atoms with E-state index in [9.17, 15) is 5.11 Å². The number of aromatic nitrogens is 1. The van der Waals surface area contributed by atoms with Crippen molar-refractivity contribution in [3.63, 3.8) is 0 Å². The van der Waals surface area contributed by atoms with Gasteiger partial charge in [0.1, 0.15) is 0 Å². The van der Waals surface area contributed by atoms with Crippen molar-refractivity contribution in [1.29, 1.82) is 0 Å². The number of hydrogen-bond acceptors (Lipinski definition) is 4. The Labute approximate surface area is 115 Å². The van der Waals surface area contributed by atoms with E-state index < -0.39 is 0 Å². The number of aryl methyl sites for hydroxylation is 1. The van der Waals surface area contributed by atoms with Crippen LogP contribution in [0.4, 0.5) is 5.69 Å². The van der Waals surface area contributed by atoms with Crippen molar-refractivity contribution in [3.05, 3.63) is 63.4 Å². The summed E-state index contributed by atoms with van der Waals surface area (Å²) in [6.45, 7) is 2.10. The maximum Gasteiger partial charge on any atom is 0.212 e. The molecule has 20 heavy (non-hydrogen) atoms. The number of benzene rings is 1. The van der Waals surface area contributed by atoms with Crippen LogP contribution in [-0.2, 0) is 6.42 Å². The number of hydrogen-bond donors (Lipinski definition) is 2. The standard InChI is InChI=1S/C16H13N3O/c1-8-2-4-11(17)15-9(8)3-5-12-16(15)10-7-18-14(20)6-13(10)19-12/h2,4-7,20H,3,17H2,1H3. The molecule has 0 fully saturated rings. The lowest BCUT2D eigenvalue weighted by atomic mass is 9.86. The predicted molar refractivity (Wildman–Crippen MR) is 76.6 cm³/mol. The molecule has 0 saturated heterocycles. The van der Waals surface area contributed by atoms with Gasteiger partial charge in [0, 0.05) is 34.3 Å². The van der Waals surface area contributed by atoms with Gasteiger partial charge in [-0.3, -0.25) is 0 Å². The maximum absolute atomic E-state index is 9.50. The molecular weight excluding hydrogens is 250 g/mol. The van der Waals surface area contributed by atoms with E-state index in [0.29, 0.717) is 0 Å². The minimum absolute atomic E-state index is 0.00946. The number of pyridine rings is 1. The van der Waals surface area contributed by atoms with E-state index in [1.54, 1.807) is 12.3 Å². The van der Waals surface area contributed by atoms with Gasteiger partial charge in [-0.25, -0.2) is 9.98 Å². The molecule has 4 heteroatoms. The lowest BCUT2D eigenvalue weighted by molar-refractivity contribution is 0.452. The first-order valence-electron chi connectivity index (χ1n) is 6.52. The van der Waals surface area contributed by atoms with Gasteiger partial charge in [-0.2, -0.15) is 0 Å². The molecule has 2 aliphatic rings. The smallest absolute Gasteiger partial charge is 0.212 e. The van der Waals surface area contributed by atoms with Gasteiger partial charge in [0.2, 0.25) is 5.88 Å². The highest BCUT2D eigenvalue weighted by atomic mass is 16.3. The van der Waals surface area contributed by atoms with E-state index in [1.165, 1.54) is 11.1 Å². The van der Waals surface area contributed by atoms with Crippen LogP contribution in [0.15, 0.2) is 41.2 Å². The van der Waals surface area contributed by atoms with Crippen LogP contribution < -0.4 is 16.3 Å². The highest BCUT2D eigenvalue weighted by Crippen LogP contribution is 2.36. The fraction of sp³-hybridized carbons (Fsp3) is 0.125. The molecule has 2 aromatic rings. The molecule has 0 unspecified atom stereocenters. The Kier molecular flexibility index (Phi) is 2.07. The second-order valence-electron chi connectivity index (χ2n) is 5.17. The molecule has 3 N–H and O–H groups in total. The Balaban J connectivity index is 2.18. The largest absolute Gasteiger partial charge is 0.493 e. The van der Waals surface area contributed by atoms with E-state index >= 15 is 0 Å². The average Bonchev–Trinajstić information content (AvgIpc) is 2.79. The summed E-state index contributed by atoms with van der Waals surface area (Å²) in [7, 11) is 0. The molecule has 0 bridgehead atoms. The van der Waals surface area contributed by atoms with Crippen LogP contribution in [0.2, 0.25) is 0 Å². The first kappa shape index (κ1) is 11.2. The van der Waals surface area contributed by atoms with Crippen LogP contribution >= 0.6 is 0 Å². The Morgan fingerprint density at radius 1 is 1.30 bits per heavy atom. The van der Waals surface area contributed by atoms with Gasteiger partial charge in [0.25, 0.3) is 0 Å². The highest BCUT2D eigenvalue weighted by molar-refractivity contribution is 5.89. The van der Waals surface area contributed by atoms with Crippen LogP contribution in [-0.4, -0.2) is 10.1 Å². The van der Waals surface area contributed by atoms with Crippen molar-refractivity contribution >= 4 is 11.3 Å². The monoisotopic (exact) mass is 263 g/mol. The second kappa shape index (κ2) is 3.70. The quantitative estimate of drug-likeness (QED) is 0.695.